The molecule has 2 heterocycles. The minimum Gasteiger partial charge on any atom is -0.487 e. The monoisotopic (exact) mass is 336 g/mol. The van der Waals surface area contributed by atoms with Crippen LogP contribution in [0, 0.1) is 5.82 Å². The third-order valence-corrected chi connectivity index (χ3v) is 3.50. The maximum atomic E-state index is 13.2. The molecule has 25 heavy (non-hydrogen) atoms. The smallest absolute Gasteiger partial charge is 0.234 e. The maximum Gasteiger partial charge on any atom is 0.234 e. The van der Waals surface area contributed by atoms with Crippen LogP contribution >= 0.6 is 0 Å². The Balaban J connectivity index is 1.81. The van der Waals surface area contributed by atoms with Gasteiger partial charge in [0.25, 0.3) is 0 Å². The molecule has 0 amide bonds. The zero-order valence-corrected chi connectivity index (χ0v) is 13.8. The molecule has 0 aliphatic heterocycles. The number of benzene rings is 1. The fourth-order valence-corrected chi connectivity index (χ4v) is 2.30. The van der Waals surface area contributed by atoms with E-state index in [9.17, 15) is 4.39 Å². The molecule has 0 aliphatic carbocycles. The average molecular weight is 336 g/mol. The Labute approximate surface area is 144 Å². The van der Waals surface area contributed by atoms with E-state index in [1.807, 2.05) is 22.9 Å². The first kappa shape index (κ1) is 16.6. The van der Waals surface area contributed by atoms with Crippen molar-refractivity contribution < 1.29 is 9.13 Å². The number of rotatable bonds is 6. The highest BCUT2D eigenvalue weighted by Crippen LogP contribution is 2.17. The summed E-state index contributed by atoms with van der Waals surface area (Å²) >= 11 is 0. The highest BCUT2D eigenvalue weighted by molar-refractivity contribution is 5.88. The Morgan fingerprint density at radius 3 is 3.04 bits per heavy atom. The van der Waals surface area contributed by atoms with Gasteiger partial charge in [-0.3, -0.25) is 9.39 Å². The lowest BCUT2D eigenvalue weighted by Crippen LogP contribution is -1.95. The number of aromatic nitrogens is 3. The van der Waals surface area contributed by atoms with Crippen molar-refractivity contribution in [3.8, 4) is 5.75 Å². The maximum absolute atomic E-state index is 13.2. The van der Waals surface area contributed by atoms with Crippen molar-refractivity contribution in [1.29, 1.82) is 0 Å². The van der Waals surface area contributed by atoms with Crippen molar-refractivity contribution in [1.82, 2.24) is 14.4 Å². The van der Waals surface area contributed by atoms with Crippen LogP contribution in [0.25, 0.3) is 11.4 Å². The molecule has 0 fully saturated rings. The van der Waals surface area contributed by atoms with Gasteiger partial charge in [0.15, 0.2) is 0 Å². The highest BCUT2D eigenvalue weighted by atomic mass is 19.1. The van der Waals surface area contributed by atoms with E-state index in [-0.39, 0.29) is 12.4 Å². The van der Waals surface area contributed by atoms with Crippen molar-refractivity contribution in [3.05, 3.63) is 78.7 Å². The zero-order valence-electron chi connectivity index (χ0n) is 13.8. The molecule has 0 radical (unpaired) electrons. The molecule has 3 aromatic rings. The van der Waals surface area contributed by atoms with E-state index in [1.165, 1.54) is 12.1 Å². The van der Waals surface area contributed by atoms with Crippen LogP contribution < -0.4 is 4.74 Å². The van der Waals surface area contributed by atoms with E-state index < -0.39 is 0 Å². The van der Waals surface area contributed by atoms with E-state index in [1.54, 1.807) is 37.7 Å². The first-order valence-corrected chi connectivity index (χ1v) is 7.67. The summed E-state index contributed by atoms with van der Waals surface area (Å²) in [4.78, 5) is 12.7. The molecule has 2 aromatic heterocycles. The van der Waals surface area contributed by atoms with E-state index in [0.29, 0.717) is 17.2 Å². The van der Waals surface area contributed by atoms with Gasteiger partial charge in [0.1, 0.15) is 18.2 Å². The van der Waals surface area contributed by atoms with Gasteiger partial charge in [-0.15, -0.1) is 0 Å². The fourth-order valence-electron chi connectivity index (χ4n) is 2.30. The molecule has 6 heteroatoms. The molecule has 0 spiro atoms. The first-order valence-electron chi connectivity index (χ1n) is 7.67. The summed E-state index contributed by atoms with van der Waals surface area (Å²) in [6.45, 7) is 4.04. The molecule has 5 nitrogen and oxygen atoms in total. The van der Waals surface area contributed by atoms with E-state index in [4.69, 9.17) is 4.74 Å². The van der Waals surface area contributed by atoms with Gasteiger partial charge in [-0.1, -0.05) is 18.7 Å². The van der Waals surface area contributed by atoms with Gasteiger partial charge in [-0.05, 0) is 23.8 Å². The van der Waals surface area contributed by atoms with Crippen molar-refractivity contribution in [3.63, 3.8) is 0 Å². The lowest BCUT2D eigenvalue weighted by Gasteiger charge is -2.03. The zero-order chi connectivity index (χ0) is 17.6. The standard InChI is InChI=1S/C19H17FN4O/c1-3-14(7-8-21-2)15-10-22-19-23-17(12-24(19)11-15)13-25-18-6-4-5-16(20)9-18/h3-12H,1,13H2,2H3/b14-7+,21-8?. The third-order valence-electron chi connectivity index (χ3n) is 3.50. The molecule has 0 atom stereocenters. The number of ether oxygens (including phenoxy) is 1. The number of fused-ring (bicyclic) bond motifs is 1. The molecular formula is C19H17FN4O. The Hall–Kier alpha value is -3.28. The SMILES string of the molecule is C=C/C(=C\C=NC)c1cnc2nc(COc3cccc(F)c3)cn2c1. The second-order valence-corrected chi connectivity index (χ2v) is 5.26. The van der Waals surface area contributed by atoms with Gasteiger partial charge in [-0.25, -0.2) is 14.4 Å². The number of hydrogen-bond donors (Lipinski definition) is 0. The number of nitrogens with zero attached hydrogens (tertiary/aromatic N) is 4. The number of halogens is 1. The largest absolute Gasteiger partial charge is 0.487 e. The van der Waals surface area contributed by atoms with Gasteiger partial charge >= 0.3 is 0 Å². The van der Waals surface area contributed by atoms with Crippen molar-refractivity contribution in [2.24, 2.45) is 4.99 Å². The Morgan fingerprint density at radius 2 is 2.28 bits per heavy atom. The van der Waals surface area contributed by atoms with Crippen molar-refractivity contribution in [2.75, 3.05) is 7.05 Å². The lowest BCUT2D eigenvalue weighted by molar-refractivity contribution is 0.300. The Bertz CT molecular complexity index is 959. The van der Waals surface area contributed by atoms with E-state index >= 15 is 0 Å². The summed E-state index contributed by atoms with van der Waals surface area (Å²) in [6, 6.07) is 6.01. The summed E-state index contributed by atoms with van der Waals surface area (Å²) < 4.78 is 20.6. The minimum absolute atomic E-state index is 0.231. The first-order chi connectivity index (χ1) is 12.2. The number of hydrogen-bond acceptors (Lipinski definition) is 4. The normalized spacial score (nSPS) is 12.0. The summed E-state index contributed by atoms with van der Waals surface area (Å²) in [5, 5.41) is 0. The molecule has 1 aromatic carbocycles. The second-order valence-electron chi connectivity index (χ2n) is 5.26. The van der Waals surface area contributed by atoms with Crippen LogP contribution in [0.1, 0.15) is 11.3 Å². The van der Waals surface area contributed by atoms with Gasteiger partial charge in [0, 0.05) is 43.5 Å². The summed E-state index contributed by atoms with van der Waals surface area (Å²) in [5.41, 5.74) is 2.51. The van der Waals surface area contributed by atoms with Gasteiger partial charge in [0.2, 0.25) is 5.78 Å². The molecule has 3 rings (SSSR count). The van der Waals surface area contributed by atoms with Crippen LogP contribution in [0.15, 0.2) is 66.6 Å². The number of allylic oxidation sites excluding steroid dienone is 3. The molecule has 0 N–H and O–H groups in total. The van der Waals surface area contributed by atoms with Crippen LogP contribution in [0.2, 0.25) is 0 Å². The molecule has 0 aliphatic rings. The molecule has 126 valence electrons. The van der Waals surface area contributed by atoms with Crippen LogP contribution in [-0.2, 0) is 6.61 Å². The lowest BCUT2D eigenvalue weighted by atomic mass is 10.1. The van der Waals surface area contributed by atoms with Crippen LogP contribution in [0.5, 0.6) is 5.75 Å². The van der Waals surface area contributed by atoms with Crippen molar-refractivity contribution in [2.45, 2.75) is 6.61 Å². The predicted molar refractivity (Wildman–Crippen MR) is 96.3 cm³/mol. The van der Waals surface area contributed by atoms with Crippen molar-refractivity contribution >= 4 is 17.6 Å². The summed E-state index contributed by atoms with van der Waals surface area (Å²) in [7, 11) is 1.71. The highest BCUT2D eigenvalue weighted by Gasteiger charge is 2.06. The van der Waals surface area contributed by atoms with Gasteiger partial charge < -0.3 is 4.74 Å². The fraction of sp³-hybridized carbons (Fsp3) is 0.105. The average Bonchev–Trinajstić information content (AvgIpc) is 3.03. The molecule has 0 saturated heterocycles. The van der Waals surface area contributed by atoms with Crippen LogP contribution in [0.3, 0.4) is 0 Å². The summed E-state index contributed by atoms with van der Waals surface area (Å²) in [5.74, 6) is 0.689. The second kappa shape index (κ2) is 7.53. The third kappa shape index (κ3) is 3.98. The Morgan fingerprint density at radius 1 is 1.40 bits per heavy atom. The summed E-state index contributed by atoms with van der Waals surface area (Å²) in [6.07, 6.45) is 10.8. The molecular weight excluding hydrogens is 319 g/mol. The van der Waals surface area contributed by atoms with E-state index in [0.717, 1.165) is 11.1 Å². The molecule has 0 unspecified atom stereocenters. The van der Waals surface area contributed by atoms with E-state index in [2.05, 4.69) is 21.5 Å². The Kier molecular flexibility index (Phi) is 4.99. The molecule has 0 saturated carbocycles. The molecule has 0 bridgehead atoms. The quantitative estimate of drug-likeness (QED) is 0.509. The number of imidazole rings is 1. The van der Waals surface area contributed by atoms with Gasteiger partial charge in [0.05, 0.1) is 5.69 Å². The van der Waals surface area contributed by atoms with Gasteiger partial charge in [-0.2, -0.15) is 0 Å². The number of aliphatic imine (C=N–C) groups is 1. The predicted octanol–water partition coefficient (Wildman–Crippen LogP) is 3.72. The van der Waals surface area contributed by atoms with Crippen LogP contribution in [0.4, 0.5) is 4.39 Å². The minimum atomic E-state index is -0.335. The van der Waals surface area contributed by atoms with Crippen LogP contribution in [-0.4, -0.2) is 27.6 Å². The topological polar surface area (TPSA) is 51.8 Å².